The van der Waals surface area contributed by atoms with Crippen LogP contribution in [0.4, 0.5) is 5.69 Å². The molecule has 0 bridgehead atoms. The molecule has 1 aromatic carbocycles. The van der Waals surface area contributed by atoms with Gasteiger partial charge in [-0.05, 0) is 55.2 Å². The molecule has 0 radical (unpaired) electrons. The number of benzene rings is 1. The van der Waals surface area contributed by atoms with Crippen LogP contribution in [0.3, 0.4) is 0 Å². The summed E-state index contributed by atoms with van der Waals surface area (Å²) in [4.78, 5) is 17.7. The number of nitrogens with zero attached hydrogens (tertiary/aromatic N) is 3. The molecule has 3 heterocycles. The zero-order valence-corrected chi connectivity index (χ0v) is 19.0. The van der Waals surface area contributed by atoms with Crippen LogP contribution in [0.2, 0.25) is 0 Å². The number of carbonyl (C=O) groups is 1. The van der Waals surface area contributed by atoms with Gasteiger partial charge in [-0.1, -0.05) is 43.8 Å². The Kier molecular flexibility index (Phi) is 6.70. The van der Waals surface area contributed by atoms with Gasteiger partial charge in [-0.3, -0.25) is 4.79 Å². The number of para-hydroxylation sites is 1. The topological polar surface area (TPSA) is 94.1 Å². The lowest BCUT2D eigenvalue weighted by Crippen LogP contribution is -2.26. The Morgan fingerprint density at radius 3 is 2.34 bits per heavy atom. The molecule has 0 aliphatic rings. The van der Waals surface area contributed by atoms with Gasteiger partial charge in [-0.2, -0.15) is 0 Å². The molecule has 1 unspecified atom stereocenters. The van der Waals surface area contributed by atoms with Crippen LogP contribution in [0.5, 0.6) is 0 Å². The third-order valence-electron chi connectivity index (χ3n) is 5.08. The van der Waals surface area contributed by atoms with Crippen molar-refractivity contribution in [1.29, 1.82) is 0 Å². The van der Waals surface area contributed by atoms with E-state index in [4.69, 9.17) is 8.83 Å². The summed E-state index contributed by atoms with van der Waals surface area (Å²) < 4.78 is 11.0. The van der Waals surface area contributed by atoms with Gasteiger partial charge >= 0.3 is 0 Å². The Balaban J connectivity index is 1.60. The maximum Gasteiger partial charge on any atom is 0.237 e. The molecular weight excluding hydrogens is 424 g/mol. The first-order chi connectivity index (χ1) is 15.6. The highest BCUT2D eigenvalue weighted by Gasteiger charge is 2.24. The summed E-state index contributed by atoms with van der Waals surface area (Å²) in [5.41, 5.74) is 4.03. The van der Waals surface area contributed by atoms with Gasteiger partial charge in [0.15, 0.2) is 17.2 Å². The summed E-state index contributed by atoms with van der Waals surface area (Å²) in [5.74, 6) is 1.02. The highest BCUT2D eigenvalue weighted by molar-refractivity contribution is 8.00. The number of hydrogen-bond acceptors (Lipinski definition) is 7. The van der Waals surface area contributed by atoms with Crippen LogP contribution in [0.15, 0.2) is 69.0 Å². The number of aromatic nitrogens is 3. The predicted molar refractivity (Wildman–Crippen MR) is 124 cm³/mol. The van der Waals surface area contributed by atoms with Crippen molar-refractivity contribution in [2.24, 2.45) is 0 Å². The first-order valence-corrected chi connectivity index (χ1v) is 11.4. The number of nitrogens with one attached hydrogen (secondary N) is 1. The highest BCUT2D eigenvalue weighted by Crippen LogP contribution is 2.32. The van der Waals surface area contributed by atoms with Crippen LogP contribution in [0.1, 0.15) is 31.4 Å². The molecule has 0 spiro atoms. The summed E-state index contributed by atoms with van der Waals surface area (Å²) in [6.07, 6.45) is 4.60. The average Bonchev–Trinajstić information content (AvgIpc) is 3.53. The molecule has 0 saturated heterocycles. The lowest BCUT2D eigenvalue weighted by molar-refractivity contribution is -0.115. The number of furan rings is 2. The zero-order chi connectivity index (χ0) is 22.5. The summed E-state index contributed by atoms with van der Waals surface area (Å²) in [7, 11) is 0. The van der Waals surface area contributed by atoms with Gasteiger partial charge in [0.25, 0.3) is 0 Å². The van der Waals surface area contributed by atoms with Gasteiger partial charge in [0.1, 0.15) is 5.69 Å². The molecule has 1 N–H and O–H groups in total. The van der Waals surface area contributed by atoms with Crippen molar-refractivity contribution >= 4 is 23.4 Å². The maximum atomic E-state index is 13.1. The molecular formula is C24H24N4O3S. The normalized spacial score (nSPS) is 12.0. The molecule has 3 aromatic heterocycles. The molecule has 32 heavy (non-hydrogen) atoms. The van der Waals surface area contributed by atoms with Crippen molar-refractivity contribution in [1.82, 2.24) is 15.2 Å². The Morgan fingerprint density at radius 2 is 1.72 bits per heavy atom. The van der Waals surface area contributed by atoms with Crippen LogP contribution in [-0.2, 0) is 11.2 Å². The summed E-state index contributed by atoms with van der Waals surface area (Å²) in [6.45, 7) is 6.04. The number of carbonyl (C=O) groups excluding carboxylic acids is 1. The summed E-state index contributed by atoms with van der Waals surface area (Å²) in [6, 6.07) is 13.2. The van der Waals surface area contributed by atoms with Crippen LogP contribution in [0, 0.1) is 6.92 Å². The molecule has 164 valence electrons. The quantitative estimate of drug-likeness (QED) is 0.342. The van der Waals surface area contributed by atoms with Crippen LogP contribution in [-0.4, -0.2) is 26.3 Å². The summed E-state index contributed by atoms with van der Waals surface area (Å²) >= 11 is 1.28. The average molecular weight is 449 g/mol. The number of amides is 1. The van der Waals surface area contributed by atoms with Gasteiger partial charge < -0.3 is 14.2 Å². The second-order valence-electron chi connectivity index (χ2n) is 7.21. The highest BCUT2D eigenvalue weighted by atomic mass is 32.2. The second-order valence-corrected chi connectivity index (χ2v) is 8.38. The third kappa shape index (κ3) is 4.60. The van der Waals surface area contributed by atoms with E-state index >= 15 is 0 Å². The van der Waals surface area contributed by atoms with E-state index < -0.39 is 0 Å². The van der Waals surface area contributed by atoms with E-state index in [0.29, 0.717) is 34.5 Å². The zero-order valence-electron chi connectivity index (χ0n) is 18.2. The Bertz CT molecular complexity index is 1190. The van der Waals surface area contributed by atoms with Crippen LogP contribution < -0.4 is 5.32 Å². The van der Waals surface area contributed by atoms with Gasteiger partial charge in [0, 0.05) is 5.69 Å². The standard InChI is InChI=1S/C24H24N4O3S/c1-4-16-10-6-9-15(3)20(16)25-23(29)19(5-2)32-24-26-21(17-11-7-13-30-17)22(27-28-24)18-12-8-14-31-18/h6-14,19H,4-5H2,1-3H3,(H,25,29). The van der Waals surface area contributed by atoms with Crippen molar-refractivity contribution in [3.05, 3.63) is 66.1 Å². The largest absolute Gasteiger partial charge is 0.463 e. The second kappa shape index (κ2) is 9.82. The van der Waals surface area contributed by atoms with Crippen LogP contribution >= 0.6 is 11.8 Å². The number of aryl methyl sites for hydroxylation is 2. The van der Waals surface area contributed by atoms with Crippen molar-refractivity contribution in [2.45, 2.75) is 44.0 Å². The molecule has 0 saturated carbocycles. The van der Waals surface area contributed by atoms with E-state index in [1.54, 1.807) is 36.8 Å². The van der Waals surface area contributed by atoms with Gasteiger partial charge in [-0.25, -0.2) is 4.98 Å². The molecule has 1 atom stereocenters. The monoisotopic (exact) mass is 448 g/mol. The lowest BCUT2D eigenvalue weighted by atomic mass is 10.1. The fraction of sp³-hybridized carbons (Fsp3) is 0.250. The van der Waals surface area contributed by atoms with E-state index in [1.165, 1.54) is 11.8 Å². The smallest absolute Gasteiger partial charge is 0.237 e. The molecule has 1 amide bonds. The SMILES string of the molecule is CCc1cccc(C)c1NC(=O)C(CC)Sc1nnc(-c2ccco2)c(-c2ccco2)n1. The third-order valence-corrected chi connectivity index (χ3v) is 6.29. The predicted octanol–water partition coefficient (Wildman–Crippen LogP) is 5.77. The molecule has 7 nitrogen and oxygen atoms in total. The van der Waals surface area contributed by atoms with E-state index in [1.807, 2.05) is 32.0 Å². The fourth-order valence-corrected chi connectivity index (χ4v) is 4.20. The Morgan fingerprint density at radius 1 is 1.00 bits per heavy atom. The van der Waals surface area contributed by atoms with Crippen molar-refractivity contribution in [2.75, 3.05) is 5.32 Å². The molecule has 4 rings (SSSR count). The first-order valence-electron chi connectivity index (χ1n) is 10.5. The van der Waals surface area contributed by atoms with E-state index in [2.05, 4.69) is 27.4 Å². The van der Waals surface area contributed by atoms with Crippen molar-refractivity contribution in [3.63, 3.8) is 0 Å². The number of anilines is 1. The Labute approximate surface area is 190 Å². The van der Waals surface area contributed by atoms with Gasteiger partial charge in [-0.15, -0.1) is 10.2 Å². The Hall–Kier alpha value is -3.39. The minimum atomic E-state index is -0.375. The molecule has 0 fully saturated rings. The lowest BCUT2D eigenvalue weighted by Gasteiger charge is -2.17. The number of thioether (sulfide) groups is 1. The minimum Gasteiger partial charge on any atom is -0.463 e. The first kappa shape index (κ1) is 21.8. The minimum absolute atomic E-state index is 0.0836. The van der Waals surface area contributed by atoms with Gasteiger partial charge in [0.2, 0.25) is 11.1 Å². The van der Waals surface area contributed by atoms with Gasteiger partial charge in [0.05, 0.1) is 17.8 Å². The van der Waals surface area contributed by atoms with E-state index in [9.17, 15) is 4.79 Å². The number of rotatable bonds is 8. The van der Waals surface area contributed by atoms with Crippen molar-refractivity contribution < 1.29 is 13.6 Å². The fourth-order valence-electron chi connectivity index (χ4n) is 3.38. The van der Waals surface area contributed by atoms with Crippen molar-refractivity contribution in [3.8, 4) is 22.9 Å². The number of hydrogen-bond donors (Lipinski definition) is 1. The summed E-state index contributed by atoms with van der Waals surface area (Å²) in [5, 5.41) is 11.7. The van der Waals surface area contributed by atoms with Crippen LogP contribution in [0.25, 0.3) is 22.9 Å². The maximum absolute atomic E-state index is 13.1. The van der Waals surface area contributed by atoms with E-state index in [0.717, 1.165) is 23.2 Å². The molecule has 0 aliphatic heterocycles. The molecule has 0 aliphatic carbocycles. The molecule has 4 aromatic rings. The molecule has 8 heteroatoms. The van der Waals surface area contributed by atoms with E-state index in [-0.39, 0.29) is 11.2 Å².